The monoisotopic (exact) mass is 406 g/mol. The molecule has 6 nitrogen and oxygen atoms in total. The first-order valence-electron chi connectivity index (χ1n) is 9.77. The number of hydrogen-bond donors (Lipinski definition) is 2. The average Bonchev–Trinajstić information content (AvgIpc) is 3.19. The third-order valence-electron chi connectivity index (χ3n) is 4.73. The number of hydrogen-bond acceptors (Lipinski definition) is 4. The highest BCUT2D eigenvalue weighted by Gasteiger charge is 2.22. The zero-order chi connectivity index (χ0) is 20.8. The van der Waals surface area contributed by atoms with Crippen molar-refractivity contribution in [3.05, 3.63) is 83.8 Å². The van der Waals surface area contributed by atoms with Crippen LogP contribution >= 0.6 is 0 Å². The third kappa shape index (κ3) is 5.05. The number of aromatic nitrogens is 1. The first-order chi connectivity index (χ1) is 14.7. The largest absolute Gasteiger partial charge is 0.488 e. The summed E-state index contributed by atoms with van der Waals surface area (Å²) in [7, 11) is 1.73. The Morgan fingerprint density at radius 3 is 2.80 bits per heavy atom. The molecule has 2 N–H and O–H groups in total. The molecule has 0 aliphatic carbocycles. The van der Waals surface area contributed by atoms with E-state index in [4.69, 9.17) is 9.47 Å². The van der Waals surface area contributed by atoms with E-state index in [2.05, 4.69) is 26.7 Å². The fourth-order valence-corrected chi connectivity index (χ4v) is 3.22. The van der Waals surface area contributed by atoms with Crippen LogP contribution in [0.5, 0.6) is 17.4 Å². The predicted octanol–water partition coefficient (Wildman–Crippen LogP) is 3.68. The van der Waals surface area contributed by atoms with Gasteiger partial charge in [-0.05, 0) is 47.5 Å². The maximum Gasteiger partial charge on any atom is 0.219 e. The molecule has 1 aliphatic heterocycles. The second kappa shape index (κ2) is 9.26. The number of halogens is 1. The molecule has 1 aromatic heterocycles. The SMILES string of the molecule is CN=C(NCc1ccnc(Oc2ccc(F)cc2)c1)NCC1Cc2ccccc2O1. The van der Waals surface area contributed by atoms with Crippen LogP contribution in [0.3, 0.4) is 0 Å². The summed E-state index contributed by atoms with van der Waals surface area (Å²) < 4.78 is 24.7. The number of nitrogens with zero attached hydrogens (tertiary/aromatic N) is 2. The molecule has 0 spiro atoms. The topological polar surface area (TPSA) is 67.8 Å². The molecule has 0 bridgehead atoms. The lowest BCUT2D eigenvalue weighted by atomic mass is 10.1. The third-order valence-corrected chi connectivity index (χ3v) is 4.73. The van der Waals surface area contributed by atoms with Gasteiger partial charge in [0.15, 0.2) is 5.96 Å². The summed E-state index contributed by atoms with van der Waals surface area (Å²) in [4.78, 5) is 8.47. The molecule has 154 valence electrons. The van der Waals surface area contributed by atoms with Crippen molar-refractivity contribution >= 4 is 5.96 Å². The van der Waals surface area contributed by atoms with Crippen molar-refractivity contribution in [2.45, 2.75) is 19.1 Å². The Morgan fingerprint density at radius 1 is 1.17 bits per heavy atom. The summed E-state index contributed by atoms with van der Waals surface area (Å²) in [5.41, 5.74) is 2.22. The van der Waals surface area contributed by atoms with Crippen molar-refractivity contribution in [3.8, 4) is 17.4 Å². The minimum atomic E-state index is -0.306. The van der Waals surface area contributed by atoms with E-state index in [-0.39, 0.29) is 11.9 Å². The molecule has 4 rings (SSSR count). The highest BCUT2D eigenvalue weighted by Crippen LogP contribution is 2.27. The molecule has 0 amide bonds. The van der Waals surface area contributed by atoms with Crippen LogP contribution in [0.2, 0.25) is 0 Å². The number of ether oxygens (including phenoxy) is 2. The van der Waals surface area contributed by atoms with Crippen molar-refractivity contribution in [2.24, 2.45) is 4.99 Å². The number of fused-ring (bicyclic) bond motifs is 1. The van der Waals surface area contributed by atoms with Gasteiger partial charge in [-0.25, -0.2) is 9.37 Å². The van der Waals surface area contributed by atoms with E-state index in [0.29, 0.717) is 30.7 Å². The normalized spacial score (nSPS) is 15.3. The van der Waals surface area contributed by atoms with Gasteiger partial charge in [0, 0.05) is 32.3 Å². The van der Waals surface area contributed by atoms with Gasteiger partial charge in [-0.2, -0.15) is 0 Å². The number of aliphatic imine (C=N–C) groups is 1. The second-order valence-electron chi connectivity index (χ2n) is 6.92. The number of benzene rings is 2. The predicted molar refractivity (Wildman–Crippen MR) is 113 cm³/mol. The lowest BCUT2D eigenvalue weighted by molar-refractivity contribution is 0.235. The molecule has 2 aromatic carbocycles. The van der Waals surface area contributed by atoms with Gasteiger partial charge in [-0.15, -0.1) is 0 Å². The van der Waals surface area contributed by atoms with Crippen LogP contribution in [0.15, 0.2) is 71.9 Å². The molecular weight excluding hydrogens is 383 g/mol. The van der Waals surface area contributed by atoms with Crippen LogP contribution in [-0.2, 0) is 13.0 Å². The van der Waals surface area contributed by atoms with Gasteiger partial charge < -0.3 is 20.1 Å². The van der Waals surface area contributed by atoms with Crippen LogP contribution in [0.4, 0.5) is 4.39 Å². The van der Waals surface area contributed by atoms with Crippen molar-refractivity contribution in [2.75, 3.05) is 13.6 Å². The standard InChI is InChI=1S/C23H23FN4O2/c1-25-23(28-15-20-13-17-4-2-3-5-21(17)29-20)27-14-16-10-11-26-22(12-16)30-19-8-6-18(24)7-9-19/h2-12,20H,13-15H2,1H3,(H2,25,27,28). The molecule has 0 saturated heterocycles. The Balaban J connectivity index is 1.27. The van der Waals surface area contributed by atoms with E-state index in [1.165, 1.54) is 17.7 Å². The van der Waals surface area contributed by atoms with Crippen LogP contribution < -0.4 is 20.1 Å². The fourth-order valence-electron chi connectivity index (χ4n) is 3.22. The minimum Gasteiger partial charge on any atom is -0.488 e. The van der Waals surface area contributed by atoms with E-state index in [1.54, 1.807) is 25.4 Å². The summed E-state index contributed by atoms with van der Waals surface area (Å²) in [5.74, 6) is 2.31. The molecule has 0 saturated carbocycles. The van der Waals surface area contributed by atoms with E-state index in [9.17, 15) is 4.39 Å². The van der Waals surface area contributed by atoms with Gasteiger partial charge in [-0.1, -0.05) is 18.2 Å². The highest BCUT2D eigenvalue weighted by molar-refractivity contribution is 5.79. The molecule has 0 fully saturated rings. The molecule has 1 aliphatic rings. The molecule has 7 heteroatoms. The smallest absolute Gasteiger partial charge is 0.219 e. The number of para-hydroxylation sites is 1. The maximum absolute atomic E-state index is 13.0. The lowest BCUT2D eigenvalue weighted by Gasteiger charge is -2.16. The highest BCUT2D eigenvalue weighted by atomic mass is 19.1. The summed E-state index contributed by atoms with van der Waals surface area (Å²) in [6.45, 7) is 1.21. The zero-order valence-corrected chi connectivity index (χ0v) is 16.6. The van der Waals surface area contributed by atoms with E-state index < -0.39 is 0 Å². The Hall–Kier alpha value is -3.61. The van der Waals surface area contributed by atoms with Gasteiger partial charge in [0.05, 0.1) is 6.54 Å². The van der Waals surface area contributed by atoms with Crippen molar-refractivity contribution in [1.29, 1.82) is 0 Å². The second-order valence-corrected chi connectivity index (χ2v) is 6.92. The van der Waals surface area contributed by atoms with Gasteiger partial charge in [-0.3, -0.25) is 4.99 Å². The van der Waals surface area contributed by atoms with E-state index in [1.807, 2.05) is 30.3 Å². The minimum absolute atomic E-state index is 0.0811. The number of guanidine groups is 1. The summed E-state index contributed by atoms with van der Waals surface area (Å²) in [6, 6.07) is 17.7. The first-order valence-corrected chi connectivity index (χ1v) is 9.77. The molecule has 3 aromatic rings. The maximum atomic E-state index is 13.0. The quantitative estimate of drug-likeness (QED) is 0.483. The van der Waals surface area contributed by atoms with Crippen LogP contribution in [0, 0.1) is 5.82 Å². The average molecular weight is 406 g/mol. The van der Waals surface area contributed by atoms with Gasteiger partial charge in [0.2, 0.25) is 5.88 Å². The fraction of sp³-hybridized carbons (Fsp3) is 0.217. The first kappa shape index (κ1) is 19.7. The Morgan fingerprint density at radius 2 is 2.00 bits per heavy atom. The number of nitrogens with one attached hydrogen (secondary N) is 2. The van der Waals surface area contributed by atoms with Crippen molar-refractivity contribution < 1.29 is 13.9 Å². The van der Waals surface area contributed by atoms with Gasteiger partial charge >= 0.3 is 0 Å². The molecule has 0 radical (unpaired) electrons. The summed E-state index contributed by atoms with van der Waals surface area (Å²) in [6.07, 6.45) is 2.64. The van der Waals surface area contributed by atoms with Crippen molar-refractivity contribution in [1.82, 2.24) is 15.6 Å². The Labute approximate surface area is 174 Å². The lowest BCUT2D eigenvalue weighted by Crippen LogP contribution is -2.41. The van der Waals surface area contributed by atoms with E-state index in [0.717, 1.165) is 17.7 Å². The summed E-state index contributed by atoms with van der Waals surface area (Å²) in [5, 5.41) is 6.59. The Bertz CT molecular complexity index is 999. The van der Waals surface area contributed by atoms with E-state index >= 15 is 0 Å². The van der Waals surface area contributed by atoms with Crippen LogP contribution in [-0.4, -0.2) is 30.6 Å². The van der Waals surface area contributed by atoms with Gasteiger partial charge in [0.1, 0.15) is 23.4 Å². The number of pyridine rings is 1. The van der Waals surface area contributed by atoms with Crippen LogP contribution in [0.1, 0.15) is 11.1 Å². The molecule has 1 unspecified atom stereocenters. The molecule has 1 atom stereocenters. The zero-order valence-electron chi connectivity index (χ0n) is 16.6. The van der Waals surface area contributed by atoms with Gasteiger partial charge in [0.25, 0.3) is 0 Å². The van der Waals surface area contributed by atoms with Crippen molar-refractivity contribution in [3.63, 3.8) is 0 Å². The molecule has 30 heavy (non-hydrogen) atoms. The summed E-state index contributed by atoms with van der Waals surface area (Å²) >= 11 is 0. The number of rotatable bonds is 6. The molecule has 2 heterocycles. The van der Waals surface area contributed by atoms with Crippen LogP contribution in [0.25, 0.3) is 0 Å². The Kier molecular flexibility index (Phi) is 6.08. The molecular formula is C23H23FN4O2.